The van der Waals surface area contributed by atoms with Crippen molar-refractivity contribution >= 4 is 11.6 Å². The van der Waals surface area contributed by atoms with Crippen LogP contribution in [0.1, 0.15) is 31.2 Å². The van der Waals surface area contributed by atoms with Crippen LogP contribution in [0.3, 0.4) is 0 Å². The van der Waals surface area contributed by atoms with Crippen LogP contribution in [0.25, 0.3) is 0 Å². The molecule has 0 amide bonds. The SMILES string of the molecule is ClC1CCC(CNCc2ccncc2)CC1. The molecule has 1 aliphatic carbocycles. The third-order valence-corrected chi connectivity index (χ3v) is 3.72. The molecule has 1 aromatic heterocycles. The van der Waals surface area contributed by atoms with Crippen LogP contribution in [0.2, 0.25) is 0 Å². The zero-order valence-corrected chi connectivity index (χ0v) is 10.3. The predicted molar refractivity (Wildman–Crippen MR) is 67.5 cm³/mol. The number of hydrogen-bond acceptors (Lipinski definition) is 2. The van der Waals surface area contributed by atoms with Crippen LogP contribution in [0.4, 0.5) is 0 Å². The van der Waals surface area contributed by atoms with Gasteiger partial charge in [-0.15, -0.1) is 11.6 Å². The third kappa shape index (κ3) is 3.76. The minimum atomic E-state index is 0.427. The first-order valence-electron chi connectivity index (χ1n) is 6.08. The van der Waals surface area contributed by atoms with Crippen molar-refractivity contribution in [1.29, 1.82) is 0 Å². The van der Waals surface area contributed by atoms with Gasteiger partial charge in [0.15, 0.2) is 0 Å². The molecule has 0 spiro atoms. The predicted octanol–water partition coefficient (Wildman–Crippen LogP) is 2.97. The summed E-state index contributed by atoms with van der Waals surface area (Å²) < 4.78 is 0. The lowest BCUT2D eigenvalue weighted by Gasteiger charge is -2.25. The van der Waals surface area contributed by atoms with E-state index in [1.54, 1.807) is 0 Å². The molecule has 1 fully saturated rings. The summed E-state index contributed by atoms with van der Waals surface area (Å²) in [6, 6.07) is 4.12. The fourth-order valence-electron chi connectivity index (χ4n) is 2.25. The number of rotatable bonds is 4. The second-order valence-corrected chi connectivity index (χ2v) is 5.22. The van der Waals surface area contributed by atoms with E-state index in [1.807, 2.05) is 12.4 Å². The van der Waals surface area contributed by atoms with Crippen molar-refractivity contribution in [3.8, 4) is 0 Å². The highest BCUT2D eigenvalue weighted by molar-refractivity contribution is 6.20. The molecule has 1 aliphatic rings. The largest absolute Gasteiger partial charge is 0.312 e. The third-order valence-electron chi connectivity index (χ3n) is 3.29. The van der Waals surface area contributed by atoms with Crippen LogP contribution >= 0.6 is 11.6 Å². The normalized spacial score (nSPS) is 25.6. The van der Waals surface area contributed by atoms with Crippen LogP contribution < -0.4 is 5.32 Å². The lowest BCUT2D eigenvalue weighted by atomic mass is 9.89. The molecule has 1 aromatic rings. The van der Waals surface area contributed by atoms with E-state index < -0.39 is 0 Å². The zero-order chi connectivity index (χ0) is 11.2. The van der Waals surface area contributed by atoms with E-state index in [0.717, 1.165) is 19.0 Å². The van der Waals surface area contributed by atoms with Gasteiger partial charge in [0, 0.05) is 24.3 Å². The standard InChI is InChI=1S/C13H19ClN2/c14-13-3-1-11(2-4-13)9-16-10-12-5-7-15-8-6-12/h5-8,11,13,16H,1-4,9-10H2. The van der Waals surface area contributed by atoms with Gasteiger partial charge in [-0.2, -0.15) is 0 Å². The Bertz CT molecular complexity index is 294. The second-order valence-electron chi connectivity index (χ2n) is 4.60. The lowest BCUT2D eigenvalue weighted by molar-refractivity contribution is 0.345. The molecule has 0 aromatic carbocycles. The Hall–Kier alpha value is -0.600. The van der Waals surface area contributed by atoms with Gasteiger partial charge in [0.1, 0.15) is 0 Å². The van der Waals surface area contributed by atoms with Crippen molar-refractivity contribution in [3.63, 3.8) is 0 Å². The van der Waals surface area contributed by atoms with Gasteiger partial charge < -0.3 is 5.32 Å². The van der Waals surface area contributed by atoms with Crippen molar-refractivity contribution in [1.82, 2.24) is 10.3 Å². The van der Waals surface area contributed by atoms with Gasteiger partial charge in [0.2, 0.25) is 0 Å². The number of nitrogens with zero attached hydrogens (tertiary/aromatic N) is 1. The zero-order valence-electron chi connectivity index (χ0n) is 9.53. The van der Waals surface area contributed by atoms with Crippen molar-refractivity contribution in [3.05, 3.63) is 30.1 Å². The quantitative estimate of drug-likeness (QED) is 0.816. The average Bonchev–Trinajstić information content (AvgIpc) is 2.33. The molecule has 88 valence electrons. The molecule has 0 saturated heterocycles. The van der Waals surface area contributed by atoms with Gasteiger partial charge in [0.25, 0.3) is 0 Å². The molecule has 2 nitrogen and oxygen atoms in total. The second kappa shape index (κ2) is 6.21. The van der Waals surface area contributed by atoms with Crippen molar-refractivity contribution in [2.24, 2.45) is 5.92 Å². The fourth-order valence-corrected chi connectivity index (χ4v) is 2.50. The summed E-state index contributed by atoms with van der Waals surface area (Å²) in [5, 5.41) is 3.94. The minimum Gasteiger partial charge on any atom is -0.312 e. The highest BCUT2D eigenvalue weighted by atomic mass is 35.5. The molecular formula is C13H19ClN2. The first kappa shape index (κ1) is 11.9. The molecule has 1 N–H and O–H groups in total. The van der Waals surface area contributed by atoms with Crippen LogP contribution in [0.5, 0.6) is 0 Å². The van der Waals surface area contributed by atoms with E-state index in [0.29, 0.717) is 5.38 Å². The Morgan fingerprint density at radius 1 is 1.19 bits per heavy atom. The number of alkyl halides is 1. The Labute approximate surface area is 102 Å². The molecule has 0 unspecified atom stereocenters. The Kier molecular flexibility index (Phi) is 4.61. The smallest absolute Gasteiger partial charge is 0.0336 e. The van der Waals surface area contributed by atoms with Gasteiger partial charge in [-0.1, -0.05) is 0 Å². The maximum Gasteiger partial charge on any atom is 0.0336 e. The number of aromatic nitrogens is 1. The number of pyridine rings is 1. The van der Waals surface area contributed by atoms with Gasteiger partial charge in [-0.3, -0.25) is 4.98 Å². The highest BCUT2D eigenvalue weighted by Crippen LogP contribution is 2.26. The number of nitrogens with one attached hydrogen (secondary N) is 1. The van der Waals surface area contributed by atoms with E-state index in [4.69, 9.17) is 11.6 Å². The van der Waals surface area contributed by atoms with Gasteiger partial charge >= 0.3 is 0 Å². The van der Waals surface area contributed by atoms with Crippen LogP contribution in [-0.4, -0.2) is 16.9 Å². The van der Waals surface area contributed by atoms with E-state index in [2.05, 4.69) is 22.4 Å². The first-order valence-corrected chi connectivity index (χ1v) is 6.52. The highest BCUT2D eigenvalue weighted by Gasteiger charge is 2.18. The van der Waals surface area contributed by atoms with Gasteiger partial charge in [-0.05, 0) is 55.8 Å². The van der Waals surface area contributed by atoms with E-state index in [9.17, 15) is 0 Å². The summed E-state index contributed by atoms with van der Waals surface area (Å²) in [4.78, 5) is 4.01. The van der Waals surface area contributed by atoms with Crippen molar-refractivity contribution < 1.29 is 0 Å². The Balaban J connectivity index is 1.65. The summed E-state index contributed by atoms with van der Waals surface area (Å²) in [6.45, 7) is 2.06. The molecule has 0 radical (unpaired) electrons. The maximum absolute atomic E-state index is 6.08. The molecule has 1 heterocycles. The summed E-state index contributed by atoms with van der Waals surface area (Å²) in [5.74, 6) is 0.817. The average molecular weight is 239 g/mol. The molecule has 0 atom stereocenters. The van der Waals surface area contributed by atoms with Crippen LogP contribution in [-0.2, 0) is 6.54 Å². The van der Waals surface area contributed by atoms with E-state index >= 15 is 0 Å². The molecule has 1 saturated carbocycles. The summed E-state index contributed by atoms with van der Waals surface area (Å²) >= 11 is 6.08. The van der Waals surface area contributed by atoms with Crippen molar-refractivity contribution in [2.75, 3.05) is 6.54 Å². The molecule has 0 bridgehead atoms. The summed E-state index contributed by atoms with van der Waals surface area (Å²) in [5.41, 5.74) is 1.31. The number of halogens is 1. The molecule has 16 heavy (non-hydrogen) atoms. The maximum atomic E-state index is 6.08. The van der Waals surface area contributed by atoms with Gasteiger partial charge in [-0.25, -0.2) is 0 Å². The topological polar surface area (TPSA) is 24.9 Å². The Morgan fingerprint density at radius 2 is 1.88 bits per heavy atom. The molecule has 3 heteroatoms. The van der Waals surface area contributed by atoms with Gasteiger partial charge in [0.05, 0.1) is 0 Å². The molecular weight excluding hydrogens is 220 g/mol. The Morgan fingerprint density at radius 3 is 2.56 bits per heavy atom. The minimum absolute atomic E-state index is 0.427. The monoisotopic (exact) mass is 238 g/mol. The van der Waals surface area contributed by atoms with Crippen molar-refractivity contribution in [2.45, 2.75) is 37.6 Å². The molecule has 2 rings (SSSR count). The van der Waals surface area contributed by atoms with Crippen LogP contribution in [0.15, 0.2) is 24.5 Å². The van der Waals surface area contributed by atoms with E-state index in [-0.39, 0.29) is 0 Å². The first-order chi connectivity index (χ1) is 7.84. The van der Waals surface area contributed by atoms with Crippen LogP contribution in [0, 0.1) is 5.92 Å². The fraction of sp³-hybridized carbons (Fsp3) is 0.615. The number of hydrogen-bond donors (Lipinski definition) is 1. The summed E-state index contributed by atoms with van der Waals surface area (Å²) in [7, 11) is 0. The molecule has 0 aliphatic heterocycles. The van der Waals surface area contributed by atoms with E-state index in [1.165, 1.54) is 31.2 Å². The lowest BCUT2D eigenvalue weighted by Crippen LogP contribution is -2.26. The summed E-state index contributed by atoms with van der Waals surface area (Å²) in [6.07, 6.45) is 8.60.